The van der Waals surface area contributed by atoms with Crippen molar-refractivity contribution in [3.05, 3.63) is 53.7 Å². The lowest BCUT2D eigenvalue weighted by Gasteiger charge is -2.10. The van der Waals surface area contributed by atoms with Gasteiger partial charge in [0.25, 0.3) is 0 Å². The molecule has 3 rings (SSSR count). The molecule has 0 aliphatic rings. The van der Waals surface area contributed by atoms with Gasteiger partial charge in [0.1, 0.15) is 5.75 Å². The number of aromatic nitrogens is 1. The van der Waals surface area contributed by atoms with Crippen molar-refractivity contribution in [2.24, 2.45) is 0 Å². The van der Waals surface area contributed by atoms with Crippen molar-refractivity contribution in [2.45, 2.75) is 13.8 Å². The first kappa shape index (κ1) is 14.2. The molecule has 112 valence electrons. The average molecular weight is 294 g/mol. The van der Waals surface area contributed by atoms with E-state index in [-0.39, 0.29) is 0 Å². The summed E-state index contributed by atoms with van der Waals surface area (Å²) in [6.07, 6.45) is 1.72. The fourth-order valence-corrected chi connectivity index (χ4v) is 2.49. The smallest absolute Gasteiger partial charge is 0.174 e. The number of anilines is 1. The molecule has 0 saturated carbocycles. The second-order valence-corrected chi connectivity index (χ2v) is 5.31. The van der Waals surface area contributed by atoms with Gasteiger partial charge in [-0.1, -0.05) is 17.3 Å². The maximum absolute atomic E-state index is 5.75. The summed E-state index contributed by atoms with van der Waals surface area (Å²) in [5.41, 5.74) is 11.7. The zero-order valence-corrected chi connectivity index (χ0v) is 12.9. The molecule has 0 radical (unpaired) electrons. The van der Waals surface area contributed by atoms with Crippen LogP contribution in [-0.4, -0.2) is 12.3 Å². The molecule has 3 aromatic rings. The van der Waals surface area contributed by atoms with Crippen LogP contribution in [0.3, 0.4) is 0 Å². The van der Waals surface area contributed by atoms with Crippen LogP contribution in [0.4, 0.5) is 5.69 Å². The molecule has 0 saturated heterocycles. The normalized spacial score (nSPS) is 10.7. The maximum Gasteiger partial charge on any atom is 0.174 e. The summed E-state index contributed by atoms with van der Waals surface area (Å²) < 4.78 is 10.9. The molecule has 0 unspecified atom stereocenters. The van der Waals surface area contributed by atoms with Gasteiger partial charge in [0, 0.05) is 16.8 Å². The first-order valence-corrected chi connectivity index (χ1v) is 7.06. The molecule has 0 atom stereocenters. The largest absolute Gasteiger partial charge is 0.496 e. The number of nitrogens with zero attached hydrogens (tertiary/aromatic N) is 1. The summed E-state index contributed by atoms with van der Waals surface area (Å²) in [5, 5.41) is 3.96. The molecule has 4 heteroatoms. The number of hydrogen-bond donors (Lipinski definition) is 1. The van der Waals surface area contributed by atoms with Crippen LogP contribution in [0.15, 0.2) is 47.1 Å². The van der Waals surface area contributed by atoms with Crippen molar-refractivity contribution in [1.29, 1.82) is 0 Å². The van der Waals surface area contributed by atoms with Crippen molar-refractivity contribution in [2.75, 3.05) is 12.8 Å². The van der Waals surface area contributed by atoms with Gasteiger partial charge in [0.15, 0.2) is 5.76 Å². The van der Waals surface area contributed by atoms with E-state index in [4.69, 9.17) is 15.0 Å². The minimum absolute atomic E-state index is 0.728. The number of nitrogen functional groups attached to an aromatic ring is 1. The Hall–Kier alpha value is -2.75. The zero-order chi connectivity index (χ0) is 15.7. The Morgan fingerprint density at radius 3 is 2.45 bits per heavy atom. The van der Waals surface area contributed by atoms with Gasteiger partial charge in [-0.25, -0.2) is 0 Å². The quantitative estimate of drug-likeness (QED) is 0.735. The molecule has 2 aromatic carbocycles. The van der Waals surface area contributed by atoms with Crippen LogP contribution in [0.25, 0.3) is 22.5 Å². The van der Waals surface area contributed by atoms with Gasteiger partial charge in [-0.3, -0.25) is 0 Å². The van der Waals surface area contributed by atoms with Gasteiger partial charge in [-0.05, 0) is 54.8 Å². The second kappa shape index (κ2) is 5.56. The Labute approximate surface area is 129 Å². The van der Waals surface area contributed by atoms with Crippen molar-refractivity contribution >= 4 is 5.69 Å². The van der Waals surface area contributed by atoms with E-state index in [2.05, 4.69) is 18.1 Å². The van der Waals surface area contributed by atoms with E-state index in [0.29, 0.717) is 0 Å². The van der Waals surface area contributed by atoms with Crippen LogP contribution in [0.2, 0.25) is 0 Å². The summed E-state index contributed by atoms with van der Waals surface area (Å²) >= 11 is 0. The lowest BCUT2D eigenvalue weighted by Crippen LogP contribution is -1.92. The fraction of sp³-hybridized carbons (Fsp3) is 0.167. The number of ether oxygens (including phenoxy) is 1. The third-order valence-electron chi connectivity index (χ3n) is 3.89. The van der Waals surface area contributed by atoms with Gasteiger partial charge in [0.2, 0.25) is 0 Å². The highest BCUT2D eigenvalue weighted by atomic mass is 16.5. The van der Waals surface area contributed by atoms with Crippen LogP contribution >= 0.6 is 0 Å². The Kier molecular flexibility index (Phi) is 3.59. The fourth-order valence-electron chi connectivity index (χ4n) is 2.49. The van der Waals surface area contributed by atoms with Crippen LogP contribution in [0, 0.1) is 13.8 Å². The number of hydrogen-bond acceptors (Lipinski definition) is 4. The summed E-state index contributed by atoms with van der Waals surface area (Å²) in [7, 11) is 1.67. The third kappa shape index (κ3) is 2.44. The lowest BCUT2D eigenvalue weighted by atomic mass is 9.98. The van der Waals surface area contributed by atoms with E-state index >= 15 is 0 Å². The Morgan fingerprint density at radius 2 is 1.77 bits per heavy atom. The molecule has 4 nitrogen and oxygen atoms in total. The van der Waals surface area contributed by atoms with E-state index in [9.17, 15) is 0 Å². The van der Waals surface area contributed by atoms with Crippen molar-refractivity contribution < 1.29 is 9.26 Å². The molecule has 0 fully saturated rings. The minimum Gasteiger partial charge on any atom is -0.496 e. The highest BCUT2D eigenvalue weighted by Gasteiger charge is 2.15. The summed E-state index contributed by atoms with van der Waals surface area (Å²) in [6.45, 7) is 4.10. The second-order valence-electron chi connectivity index (χ2n) is 5.31. The first-order chi connectivity index (χ1) is 10.6. The monoisotopic (exact) mass is 294 g/mol. The van der Waals surface area contributed by atoms with Crippen LogP contribution in [-0.2, 0) is 0 Å². The summed E-state index contributed by atoms with van der Waals surface area (Å²) in [4.78, 5) is 0. The molecule has 1 heterocycles. The summed E-state index contributed by atoms with van der Waals surface area (Å²) in [5.74, 6) is 1.57. The van der Waals surface area contributed by atoms with Crippen LogP contribution < -0.4 is 10.5 Å². The van der Waals surface area contributed by atoms with Crippen molar-refractivity contribution in [1.82, 2.24) is 5.16 Å². The number of aryl methyl sites for hydroxylation is 1. The van der Waals surface area contributed by atoms with Gasteiger partial charge in [-0.2, -0.15) is 0 Å². The van der Waals surface area contributed by atoms with E-state index in [1.54, 1.807) is 13.3 Å². The van der Waals surface area contributed by atoms with Crippen molar-refractivity contribution in [3.63, 3.8) is 0 Å². The highest BCUT2D eigenvalue weighted by Crippen LogP contribution is 2.36. The van der Waals surface area contributed by atoms with Gasteiger partial charge < -0.3 is 15.0 Å². The van der Waals surface area contributed by atoms with Crippen molar-refractivity contribution in [3.8, 4) is 28.2 Å². The minimum atomic E-state index is 0.728. The zero-order valence-electron chi connectivity index (χ0n) is 12.9. The predicted octanol–water partition coefficient (Wildman–Crippen LogP) is 4.22. The average Bonchev–Trinajstić information content (AvgIpc) is 3.00. The molecule has 0 aliphatic heterocycles. The predicted molar refractivity (Wildman–Crippen MR) is 87.8 cm³/mol. The first-order valence-electron chi connectivity index (χ1n) is 7.06. The molecule has 22 heavy (non-hydrogen) atoms. The van der Waals surface area contributed by atoms with E-state index in [1.165, 1.54) is 0 Å². The molecule has 0 spiro atoms. The van der Waals surface area contributed by atoms with Crippen LogP contribution in [0.1, 0.15) is 11.1 Å². The Morgan fingerprint density at radius 1 is 1.05 bits per heavy atom. The third-order valence-corrected chi connectivity index (χ3v) is 3.89. The molecular weight excluding hydrogens is 276 g/mol. The van der Waals surface area contributed by atoms with Gasteiger partial charge >= 0.3 is 0 Å². The molecule has 2 N–H and O–H groups in total. The molecule has 0 bridgehead atoms. The maximum atomic E-state index is 5.75. The number of benzene rings is 2. The van der Waals surface area contributed by atoms with E-state index in [1.807, 2.05) is 37.3 Å². The standard InChI is InChI=1S/C18H18N2O2/c1-11-8-14(9-17(21-3)12(11)2)18-16(10-20-22-18)13-4-6-15(19)7-5-13/h4-10H,19H2,1-3H3. The van der Waals surface area contributed by atoms with E-state index < -0.39 is 0 Å². The number of nitrogens with two attached hydrogens (primary N) is 1. The number of methoxy groups -OCH3 is 1. The highest BCUT2D eigenvalue weighted by molar-refractivity contribution is 5.80. The van der Waals surface area contributed by atoms with Crippen LogP contribution in [0.5, 0.6) is 5.75 Å². The van der Waals surface area contributed by atoms with E-state index in [0.717, 1.165) is 45.0 Å². The summed E-state index contributed by atoms with van der Waals surface area (Å²) in [6, 6.07) is 11.7. The molecule has 0 amide bonds. The van der Waals surface area contributed by atoms with Gasteiger partial charge in [-0.15, -0.1) is 0 Å². The number of rotatable bonds is 3. The molecular formula is C18H18N2O2. The Bertz CT molecular complexity index is 804. The lowest BCUT2D eigenvalue weighted by molar-refractivity contribution is 0.410. The Balaban J connectivity index is 2.13. The topological polar surface area (TPSA) is 61.3 Å². The van der Waals surface area contributed by atoms with Gasteiger partial charge in [0.05, 0.1) is 13.3 Å². The molecule has 1 aromatic heterocycles. The molecule has 0 aliphatic carbocycles. The SMILES string of the molecule is COc1cc(-c2oncc2-c2ccc(N)cc2)cc(C)c1C.